The van der Waals surface area contributed by atoms with Crippen molar-refractivity contribution in [2.75, 3.05) is 13.1 Å². The van der Waals surface area contributed by atoms with Gasteiger partial charge in [-0.1, -0.05) is 17.3 Å². The second-order valence-corrected chi connectivity index (χ2v) is 8.74. The fraction of sp³-hybridized carbons (Fsp3) is 0.391. The number of amides is 2. The van der Waals surface area contributed by atoms with Crippen LogP contribution in [0, 0.1) is 0 Å². The van der Waals surface area contributed by atoms with Crippen LogP contribution in [0.2, 0.25) is 0 Å². The summed E-state index contributed by atoms with van der Waals surface area (Å²) in [5.74, 6) is 0.883. The first-order valence-corrected chi connectivity index (χ1v) is 11.6. The maximum atomic E-state index is 12.7. The predicted molar refractivity (Wildman–Crippen MR) is 120 cm³/mol. The van der Waals surface area contributed by atoms with Crippen molar-refractivity contribution >= 4 is 23.2 Å². The van der Waals surface area contributed by atoms with Crippen LogP contribution in [0.3, 0.4) is 0 Å². The fourth-order valence-electron chi connectivity index (χ4n) is 3.67. The van der Waals surface area contributed by atoms with E-state index in [0.29, 0.717) is 43.3 Å². The molecule has 1 aliphatic rings. The third-order valence-electron chi connectivity index (χ3n) is 5.21. The number of nitrogens with one attached hydrogen (secondary N) is 1. The highest BCUT2D eigenvalue weighted by atomic mass is 32.1. The molecule has 1 saturated heterocycles. The zero-order valence-electron chi connectivity index (χ0n) is 18.1. The molecule has 2 aromatic heterocycles. The minimum atomic E-state index is -0.100. The van der Waals surface area contributed by atoms with Gasteiger partial charge in [0.05, 0.1) is 12.2 Å². The summed E-state index contributed by atoms with van der Waals surface area (Å²) >= 11 is 1.56. The van der Waals surface area contributed by atoms with Gasteiger partial charge < -0.3 is 19.5 Å². The summed E-state index contributed by atoms with van der Waals surface area (Å²) in [5, 5.41) is 10.7. The molecule has 0 aliphatic carbocycles. The quantitative estimate of drug-likeness (QED) is 0.588. The topological polar surface area (TPSA) is 97.6 Å². The molecular weight excluding hydrogens is 428 g/mol. The summed E-state index contributed by atoms with van der Waals surface area (Å²) < 4.78 is 10.9. The number of hydrogen-bond acceptors (Lipinski definition) is 7. The van der Waals surface area contributed by atoms with Crippen LogP contribution in [0.25, 0.3) is 11.4 Å². The molecule has 1 aliphatic heterocycles. The van der Waals surface area contributed by atoms with Crippen LogP contribution >= 0.6 is 11.3 Å². The molecule has 3 aromatic rings. The van der Waals surface area contributed by atoms with E-state index in [9.17, 15) is 9.59 Å². The van der Waals surface area contributed by atoms with Gasteiger partial charge in [0.1, 0.15) is 0 Å². The maximum Gasteiger partial charge on any atom is 0.254 e. The van der Waals surface area contributed by atoms with Gasteiger partial charge in [0.15, 0.2) is 0 Å². The zero-order chi connectivity index (χ0) is 22.5. The largest absolute Gasteiger partial charge is 0.372 e. The number of ether oxygens (including phenoxy) is 1. The SMILES string of the molecule is CC1CN(C(=O)c2ccc(CNC(=O)CCc3nc(-c4ccsc4)no3)cc2)CC(C)O1. The first-order chi connectivity index (χ1) is 15.5. The van der Waals surface area contributed by atoms with E-state index in [-0.39, 0.29) is 30.4 Å². The average molecular weight is 455 g/mol. The Morgan fingerprint density at radius 2 is 1.91 bits per heavy atom. The smallest absolute Gasteiger partial charge is 0.254 e. The molecule has 0 bridgehead atoms. The van der Waals surface area contributed by atoms with Gasteiger partial charge in [-0.2, -0.15) is 16.3 Å². The number of thiophene rings is 1. The second kappa shape index (κ2) is 10.1. The Morgan fingerprint density at radius 3 is 2.59 bits per heavy atom. The molecule has 0 saturated carbocycles. The molecule has 168 valence electrons. The fourth-order valence-corrected chi connectivity index (χ4v) is 4.30. The van der Waals surface area contributed by atoms with Crippen molar-refractivity contribution < 1.29 is 18.8 Å². The lowest BCUT2D eigenvalue weighted by Crippen LogP contribution is -2.48. The Labute approximate surface area is 190 Å². The summed E-state index contributed by atoms with van der Waals surface area (Å²) in [7, 11) is 0. The number of nitrogens with zero attached hydrogens (tertiary/aromatic N) is 3. The Morgan fingerprint density at radius 1 is 1.16 bits per heavy atom. The van der Waals surface area contributed by atoms with Crippen molar-refractivity contribution in [2.45, 2.75) is 45.4 Å². The molecule has 9 heteroatoms. The van der Waals surface area contributed by atoms with Crippen molar-refractivity contribution in [2.24, 2.45) is 0 Å². The van der Waals surface area contributed by atoms with Gasteiger partial charge >= 0.3 is 0 Å². The first kappa shape index (κ1) is 22.2. The van der Waals surface area contributed by atoms with Crippen molar-refractivity contribution in [3.63, 3.8) is 0 Å². The second-order valence-electron chi connectivity index (χ2n) is 7.96. The van der Waals surface area contributed by atoms with E-state index in [1.165, 1.54) is 0 Å². The van der Waals surface area contributed by atoms with E-state index >= 15 is 0 Å². The molecule has 2 amide bonds. The van der Waals surface area contributed by atoms with Crippen LogP contribution in [0.1, 0.15) is 42.1 Å². The number of carbonyl (C=O) groups is 2. The monoisotopic (exact) mass is 454 g/mol. The van der Waals surface area contributed by atoms with Crippen LogP contribution in [0.15, 0.2) is 45.6 Å². The Kier molecular flexibility index (Phi) is 6.96. The number of benzene rings is 1. The molecule has 1 N–H and O–H groups in total. The molecule has 1 fully saturated rings. The highest BCUT2D eigenvalue weighted by Crippen LogP contribution is 2.19. The maximum absolute atomic E-state index is 12.7. The van der Waals surface area contributed by atoms with Gasteiger partial charge in [-0.25, -0.2) is 0 Å². The normalized spacial score (nSPS) is 18.5. The molecule has 8 nitrogen and oxygen atoms in total. The zero-order valence-corrected chi connectivity index (χ0v) is 18.9. The van der Waals surface area contributed by atoms with Crippen molar-refractivity contribution in [3.8, 4) is 11.4 Å². The molecule has 2 atom stereocenters. The van der Waals surface area contributed by atoms with Crippen molar-refractivity contribution in [3.05, 3.63) is 58.1 Å². The van der Waals surface area contributed by atoms with Gasteiger partial charge in [0, 0.05) is 49.0 Å². The van der Waals surface area contributed by atoms with Crippen molar-refractivity contribution in [1.82, 2.24) is 20.4 Å². The summed E-state index contributed by atoms with van der Waals surface area (Å²) in [6, 6.07) is 9.27. The Bertz CT molecular complexity index is 1040. The summed E-state index contributed by atoms with van der Waals surface area (Å²) in [6.45, 7) is 5.53. The lowest BCUT2D eigenvalue weighted by Gasteiger charge is -2.35. The number of carbonyl (C=O) groups excluding carboxylic acids is 2. The molecule has 4 rings (SSSR count). The molecule has 3 heterocycles. The van der Waals surface area contributed by atoms with Gasteiger partial charge in [-0.05, 0) is 43.0 Å². The summed E-state index contributed by atoms with van der Waals surface area (Å²) in [6.07, 6.45) is 0.709. The minimum absolute atomic E-state index is 0.00367. The Hall–Kier alpha value is -3.04. The first-order valence-electron chi connectivity index (χ1n) is 10.6. The van der Waals surface area contributed by atoms with E-state index in [1.54, 1.807) is 23.5 Å². The summed E-state index contributed by atoms with van der Waals surface area (Å²) in [4.78, 5) is 31.1. The van der Waals surface area contributed by atoms with Crippen LogP contribution in [0.5, 0.6) is 0 Å². The predicted octanol–water partition coefficient (Wildman–Crippen LogP) is 3.30. The average Bonchev–Trinajstić information content (AvgIpc) is 3.47. The van der Waals surface area contributed by atoms with Crippen LogP contribution in [-0.4, -0.2) is 52.2 Å². The Balaban J connectivity index is 1.23. The lowest BCUT2D eigenvalue weighted by molar-refractivity contribution is -0.121. The highest BCUT2D eigenvalue weighted by Gasteiger charge is 2.26. The van der Waals surface area contributed by atoms with Crippen LogP contribution in [0.4, 0.5) is 0 Å². The molecular formula is C23H26N4O4S. The molecule has 0 radical (unpaired) electrons. The minimum Gasteiger partial charge on any atom is -0.372 e. The third-order valence-corrected chi connectivity index (χ3v) is 5.89. The van der Waals surface area contributed by atoms with Crippen LogP contribution < -0.4 is 5.32 Å². The number of aromatic nitrogens is 2. The number of hydrogen-bond donors (Lipinski definition) is 1. The molecule has 2 unspecified atom stereocenters. The lowest BCUT2D eigenvalue weighted by atomic mass is 10.1. The van der Waals surface area contributed by atoms with E-state index in [4.69, 9.17) is 9.26 Å². The molecule has 0 spiro atoms. The third kappa shape index (κ3) is 5.60. The van der Waals surface area contributed by atoms with Gasteiger partial charge in [0.2, 0.25) is 17.6 Å². The molecule has 32 heavy (non-hydrogen) atoms. The summed E-state index contributed by atoms with van der Waals surface area (Å²) in [5.41, 5.74) is 2.48. The van der Waals surface area contributed by atoms with Crippen LogP contribution in [-0.2, 0) is 22.5 Å². The van der Waals surface area contributed by atoms with E-state index < -0.39 is 0 Å². The highest BCUT2D eigenvalue weighted by molar-refractivity contribution is 7.08. The number of rotatable bonds is 7. The standard InChI is InChI=1S/C23H26N4O4S/c1-15-12-27(13-16(2)30-15)23(29)18-5-3-17(4-6-18)11-24-20(28)7-8-21-25-22(26-31-21)19-9-10-32-14-19/h3-6,9-10,14-16H,7-8,11-13H2,1-2H3,(H,24,28). The van der Waals surface area contributed by atoms with Crippen molar-refractivity contribution in [1.29, 1.82) is 0 Å². The van der Waals surface area contributed by atoms with Gasteiger partial charge in [-0.15, -0.1) is 0 Å². The van der Waals surface area contributed by atoms with Gasteiger partial charge in [-0.3, -0.25) is 9.59 Å². The van der Waals surface area contributed by atoms with Gasteiger partial charge in [0.25, 0.3) is 5.91 Å². The van der Waals surface area contributed by atoms with E-state index in [0.717, 1.165) is 11.1 Å². The molecule has 1 aromatic carbocycles. The number of aryl methyl sites for hydroxylation is 1. The van der Waals surface area contributed by atoms with E-state index in [2.05, 4.69) is 15.5 Å². The van der Waals surface area contributed by atoms with E-state index in [1.807, 2.05) is 47.7 Å². The number of morpholine rings is 1.